The topological polar surface area (TPSA) is 21.3 Å². The summed E-state index contributed by atoms with van der Waals surface area (Å²) in [5.74, 6) is 1.64. The highest BCUT2D eigenvalue weighted by Gasteiger charge is 2.15. The van der Waals surface area contributed by atoms with Gasteiger partial charge in [-0.2, -0.15) is 0 Å². The summed E-state index contributed by atoms with van der Waals surface area (Å²) in [6, 6.07) is 8.62. The van der Waals surface area contributed by atoms with Crippen molar-refractivity contribution < 1.29 is 4.74 Å². The molecule has 0 fully saturated rings. The molecule has 0 aromatic heterocycles. The third kappa shape index (κ3) is 4.39. The van der Waals surface area contributed by atoms with Crippen molar-refractivity contribution in [3.8, 4) is 5.75 Å². The second-order valence-electron chi connectivity index (χ2n) is 4.63. The van der Waals surface area contributed by atoms with Gasteiger partial charge < -0.3 is 10.1 Å². The molecule has 0 aliphatic heterocycles. The molecule has 96 valence electrons. The lowest BCUT2D eigenvalue weighted by atomic mass is 10.00. The van der Waals surface area contributed by atoms with Crippen LogP contribution in [0.4, 0.5) is 0 Å². The number of para-hydroxylation sites is 1. The van der Waals surface area contributed by atoms with Crippen LogP contribution in [0.5, 0.6) is 5.75 Å². The average molecular weight is 235 g/mol. The molecule has 2 nitrogen and oxygen atoms in total. The van der Waals surface area contributed by atoms with Gasteiger partial charge in [-0.25, -0.2) is 0 Å². The second-order valence-corrected chi connectivity index (χ2v) is 4.63. The molecule has 1 aromatic carbocycles. The first kappa shape index (κ1) is 14.0. The molecule has 0 radical (unpaired) electrons. The van der Waals surface area contributed by atoms with Gasteiger partial charge in [-0.05, 0) is 31.0 Å². The van der Waals surface area contributed by atoms with Crippen LogP contribution in [-0.4, -0.2) is 19.2 Å². The number of nitrogens with one attached hydrogen (secondary N) is 1. The van der Waals surface area contributed by atoms with Gasteiger partial charge >= 0.3 is 0 Å². The lowest BCUT2D eigenvalue weighted by Gasteiger charge is -2.24. The molecule has 0 bridgehead atoms. The molecule has 2 heteroatoms. The van der Waals surface area contributed by atoms with Crippen LogP contribution in [-0.2, 0) is 0 Å². The Bertz CT molecular complexity index is 324. The van der Waals surface area contributed by atoms with Crippen molar-refractivity contribution in [3.63, 3.8) is 0 Å². The Hall–Kier alpha value is -1.02. The maximum atomic E-state index is 5.91. The number of ether oxygens (including phenoxy) is 1. The van der Waals surface area contributed by atoms with Crippen molar-refractivity contribution in [3.05, 3.63) is 29.8 Å². The molecule has 0 saturated carbocycles. The van der Waals surface area contributed by atoms with Gasteiger partial charge in [-0.15, -0.1) is 0 Å². The maximum Gasteiger partial charge on any atom is 0.122 e. The zero-order valence-corrected chi connectivity index (χ0v) is 11.5. The molecule has 2 atom stereocenters. The molecule has 0 spiro atoms. The highest BCUT2D eigenvalue weighted by atomic mass is 16.5. The molecular weight excluding hydrogens is 210 g/mol. The highest BCUT2D eigenvalue weighted by molar-refractivity contribution is 5.31. The van der Waals surface area contributed by atoms with Crippen molar-refractivity contribution >= 4 is 0 Å². The van der Waals surface area contributed by atoms with E-state index in [9.17, 15) is 0 Å². The maximum absolute atomic E-state index is 5.91. The van der Waals surface area contributed by atoms with Crippen LogP contribution in [0, 0.1) is 12.8 Å². The summed E-state index contributed by atoms with van der Waals surface area (Å²) in [6.45, 7) is 10.5. The molecule has 0 amide bonds. The zero-order valence-electron chi connectivity index (χ0n) is 11.5. The van der Waals surface area contributed by atoms with Crippen molar-refractivity contribution in [2.75, 3.05) is 13.2 Å². The lowest BCUT2D eigenvalue weighted by Crippen LogP contribution is -2.39. The minimum atomic E-state index is 0.435. The Morgan fingerprint density at radius 1 is 1.24 bits per heavy atom. The number of hydrogen-bond donors (Lipinski definition) is 1. The van der Waals surface area contributed by atoms with Crippen molar-refractivity contribution in [2.24, 2.45) is 5.92 Å². The van der Waals surface area contributed by atoms with Gasteiger partial charge in [-0.1, -0.05) is 45.4 Å². The Balaban J connectivity index is 2.54. The van der Waals surface area contributed by atoms with E-state index in [4.69, 9.17) is 4.74 Å². The van der Waals surface area contributed by atoms with Crippen molar-refractivity contribution in [1.82, 2.24) is 5.32 Å². The van der Waals surface area contributed by atoms with Gasteiger partial charge in [0, 0.05) is 6.04 Å². The fourth-order valence-electron chi connectivity index (χ4n) is 1.87. The van der Waals surface area contributed by atoms with Crippen LogP contribution >= 0.6 is 0 Å². The number of hydrogen-bond acceptors (Lipinski definition) is 2. The molecular formula is C15H25NO. The largest absolute Gasteiger partial charge is 0.492 e. The summed E-state index contributed by atoms with van der Waals surface area (Å²) < 4.78 is 5.91. The van der Waals surface area contributed by atoms with E-state index in [1.807, 2.05) is 18.2 Å². The number of rotatable bonds is 7. The molecule has 1 aromatic rings. The van der Waals surface area contributed by atoms with Crippen LogP contribution in [0.25, 0.3) is 0 Å². The summed E-state index contributed by atoms with van der Waals surface area (Å²) in [7, 11) is 0. The van der Waals surface area contributed by atoms with Gasteiger partial charge in [0.2, 0.25) is 0 Å². The van der Waals surface area contributed by atoms with Crippen LogP contribution < -0.4 is 10.1 Å². The fourth-order valence-corrected chi connectivity index (χ4v) is 1.87. The van der Waals surface area contributed by atoms with E-state index in [-0.39, 0.29) is 0 Å². The average Bonchev–Trinajstić information content (AvgIpc) is 2.35. The minimum absolute atomic E-state index is 0.435. The SMILES string of the molecule is CCNC(COc1ccccc1C)C(C)CC. The second kappa shape index (κ2) is 7.33. The van der Waals surface area contributed by atoms with Crippen molar-refractivity contribution in [2.45, 2.75) is 40.2 Å². The van der Waals surface area contributed by atoms with Crippen LogP contribution in [0.15, 0.2) is 24.3 Å². The predicted molar refractivity (Wildman–Crippen MR) is 73.6 cm³/mol. The minimum Gasteiger partial charge on any atom is -0.492 e. The molecule has 0 aliphatic rings. The molecule has 17 heavy (non-hydrogen) atoms. The van der Waals surface area contributed by atoms with Gasteiger partial charge in [0.05, 0.1) is 0 Å². The smallest absolute Gasteiger partial charge is 0.122 e. The zero-order chi connectivity index (χ0) is 12.7. The molecule has 0 heterocycles. The van der Waals surface area contributed by atoms with Gasteiger partial charge in [0.1, 0.15) is 12.4 Å². The van der Waals surface area contributed by atoms with E-state index in [0.717, 1.165) is 18.9 Å². The summed E-state index contributed by atoms with van der Waals surface area (Å²) in [6.07, 6.45) is 1.18. The number of likely N-dealkylation sites (N-methyl/N-ethyl adjacent to an activating group) is 1. The third-order valence-electron chi connectivity index (χ3n) is 3.31. The third-order valence-corrected chi connectivity index (χ3v) is 3.31. The number of aryl methyl sites for hydroxylation is 1. The summed E-state index contributed by atoms with van der Waals surface area (Å²) in [5.41, 5.74) is 1.20. The van der Waals surface area contributed by atoms with Gasteiger partial charge in [-0.3, -0.25) is 0 Å². The first-order valence-corrected chi connectivity index (χ1v) is 6.60. The van der Waals surface area contributed by atoms with Crippen LogP contribution in [0.3, 0.4) is 0 Å². The summed E-state index contributed by atoms with van der Waals surface area (Å²) >= 11 is 0. The van der Waals surface area contributed by atoms with Gasteiger partial charge in [0.15, 0.2) is 0 Å². The molecule has 0 aliphatic carbocycles. The quantitative estimate of drug-likeness (QED) is 0.782. The number of benzene rings is 1. The van der Waals surface area contributed by atoms with Gasteiger partial charge in [0.25, 0.3) is 0 Å². The van der Waals surface area contributed by atoms with Crippen molar-refractivity contribution in [1.29, 1.82) is 0 Å². The standard InChI is InChI=1S/C15H25NO/c1-5-12(3)14(16-6-2)11-17-15-10-8-7-9-13(15)4/h7-10,12,14,16H,5-6,11H2,1-4H3. The fraction of sp³-hybridized carbons (Fsp3) is 0.600. The monoisotopic (exact) mass is 235 g/mol. The predicted octanol–water partition coefficient (Wildman–Crippen LogP) is 3.40. The Morgan fingerprint density at radius 2 is 1.94 bits per heavy atom. The van der Waals surface area contributed by atoms with E-state index in [1.54, 1.807) is 0 Å². The molecule has 0 saturated heterocycles. The van der Waals surface area contributed by atoms with E-state index in [1.165, 1.54) is 12.0 Å². The Kier molecular flexibility index (Phi) is 6.06. The van der Waals surface area contributed by atoms with Crippen LogP contribution in [0.1, 0.15) is 32.8 Å². The van der Waals surface area contributed by atoms with E-state index >= 15 is 0 Å². The first-order valence-electron chi connectivity index (χ1n) is 6.60. The summed E-state index contributed by atoms with van der Waals surface area (Å²) in [4.78, 5) is 0. The highest BCUT2D eigenvalue weighted by Crippen LogP contribution is 2.17. The van der Waals surface area contributed by atoms with E-state index in [0.29, 0.717) is 12.0 Å². The normalized spacial score (nSPS) is 14.4. The Morgan fingerprint density at radius 3 is 2.53 bits per heavy atom. The van der Waals surface area contributed by atoms with Crippen LogP contribution in [0.2, 0.25) is 0 Å². The Labute approximate surface area is 105 Å². The first-order chi connectivity index (χ1) is 8.19. The molecule has 1 rings (SSSR count). The molecule has 1 N–H and O–H groups in total. The molecule has 2 unspecified atom stereocenters. The lowest BCUT2D eigenvalue weighted by molar-refractivity contribution is 0.221. The van der Waals surface area contributed by atoms with E-state index < -0.39 is 0 Å². The summed E-state index contributed by atoms with van der Waals surface area (Å²) in [5, 5.41) is 3.50. The van der Waals surface area contributed by atoms with E-state index in [2.05, 4.69) is 39.1 Å².